The van der Waals surface area contributed by atoms with Crippen molar-refractivity contribution in [3.05, 3.63) is 107 Å². The van der Waals surface area contributed by atoms with Gasteiger partial charge in [-0.05, 0) is 60.0 Å². The van der Waals surface area contributed by atoms with Crippen molar-refractivity contribution in [1.82, 2.24) is 0 Å². The Morgan fingerprint density at radius 3 is 2.47 bits per heavy atom. The Kier molecular flexibility index (Phi) is 5.66. The van der Waals surface area contributed by atoms with Crippen LogP contribution in [0.4, 0.5) is 0 Å². The van der Waals surface area contributed by atoms with Gasteiger partial charge in [-0.3, -0.25) is 0 Å². The number of esters is 1. The molecule has 0 amide bonds. The number of ether oxygens (including phenoxy) is 3. The van der Waals surface area contributed by atoms with E-state index >= 15 is 0 Å². The van der Waals surface area contributed by atoms with Crippen molar-refractivity contribution < 1.29 is 19.0 Å². The highest BCUT2D eigenvalue weighted by atomic mass is 16.5. The maximum atomic E-state index is 12.3. The van der Waals surface area contributed by atoms with Crippen LogP contribution in [0.15, 0.2) is 84.4 Å². The zero-order chi connectivity index (χ0) is 20.9. The van der Waals surface area contributed by atoms with E-state index in [9.17, 15) is 4.79 Å². The minimum Gasteiger partial charge on any atom is -0.496 e. The van der Waals surface area contributed by atoms with Gasteiger partial charge in [0.1, 0.15) is 23.9 Å². The van der Waals surface area contributed by atoms with Gasteiger partial charge in [0.2, 0.25) is 0 Å². The quantitative estimate of drug-likeness (QED) is 0.403. The van der Waals surface area contributed by atoms with Crippen LogP contribution in [0.3, 0.4) is 0 Å². The van der Waals surface area contributed by atoms with Gasteiger partial charge in [0.25, 0.3) is 0 Å². The Morgan fingerprint density at radius 1 is 0.967 bits per heavy atom. The van der Waals surface area contributed by atoms with E-state index in [0.29, 0.717) is 23.7 Å². The van der Waals surface area contributed by atoms with Crippen LogP contribution in [-0.4, -0.2) is 13.1 Å². The maximum Gasteiger partial charge on any atom is 0.343 e. The van der Waals surface area contributed by atoms with E-state index in [1.165, 1.54) is 0 Å². The zero-order valence-corrected chi connectivity index (χ0v) is 16.9. The molecule has 0 fully saturated rings. The second kappa shape index (κ2) is 8.70. The summed E-state index contributed by atoms with van der Waals surface area (Å²) in [6.07, 6.45) is 3.55. The molecule has 0 saturated heterocycles. The summed E-state index contributed by atoms with van der Waals surface area (Å²) in [7, 11) is 1.60. The Labute approximate surface area is 176 Å². The molecule has 0 atom stereocenters. The first-order chi connectivity index (χ1) is 14.6. The monoisotopic (exact) mass is 398 g/mol. The van der Waals surface area contributed by atoms with E-state index in [-0.39, 0.29) is 5.97 Å². The topological polar surface area (TPSA) is 44.8 Å². The highest BCUT2D eigenvalue weighted by Gasteiger charge is 2.24. The number of methoxy groups -OCH3 is 1. The minimum atomic E-state index is -0.378. The lowest BCUT2D eigenvalue weighted by molar-refractivity contribution is -0.130. The molecule has 3 aromatic carbocycles. The van der Waals surface area contributed by atoms with Gasteiger partial charge >= 0.3 is 5.97 Å². The Hall–Kier alpha value is -3.79. The van der Waals surface area contributed by atoms with Crippen molar-refractivity contribution in [1.29, 1.82) is 0 Å². The largest absolute Gasteiger partial charge is 0.496 e. The van der Waals surface area contributed by atoms with Gasteiger partial charge in [-0.25, -0.2) is 4.79 Å². The van der Waals surface area contributed by atoms with E-state index in [4.69, 9.17) is 14.2 Å². The molecule has 3 aromatic rings. The first kappa shape index (κ1) is 19.5. The number of hydrogen-bond donors (Lipinski definition) is 0. The number of carbonyl (C=O) groups excluding carboxylic acids is 1. The fourth-order valence-electron chi connectivity index (χ4n) is 3.20. The van der Waals surface area contributed by atoms with Crippen molar-refractivity contribution in [2.75, 3.05) is 7.11 Å². The molecule has 1 heterocycles. The molecule has 1 aliphatic rings. The number of benzene rings is 3. The van der Waals surface area contributed by atoms with Crippen LogP contribution in [0.2, 0.25) is 0 Å². The molecule has 0 bridgehead atoms. The fraction of sp³-hybridized carbons (Fsp3) is 0.115. The van der Waals surface area contributed by atoms with Gasteiger partial charge in [-0.1, -0.05) is 48.5 Å². The molecule has 4 nitrogen and oxygen atoms in total. The smallest absolute Gasteiger partial charge is 0.343 e. The molecule has 1 aliphatic heterocycles. The minimum absolute atomic E-state index is 0.378. The van der Waals surface area contributed by atoms with Crippen molar-refractivity contribution in [3.8, 4) is 11.5 Å². The van der Waals surface area contributed by atoms with Gasteiger partial charge in [-0.15, -0.1) is 0 Å². The normalized spacial score (nSPS) is 14.4. The van der Waals surface area contributed by atoms with Gasteiger partial charge in [0.15, 0.2) is 0 Å². The molecule has 4 rings (SSSR count). The summed E-state index contributed by atoms with van der Waals surface area (Å²) >= 11 is 0. The van der Waals surface area contributed by atoms with E-state index in [0.717, 1.165) is 28.0 Å². The molecule has 30 heavy (non-hydrogen) atoms. The molecular weight excluding hydrogens is 376 g/mol. The second-order valence-electron chi connectivity index (χ2n) is 7.04. The molecule has 150 valence electrons. The predicted molar refractivity (Wildman–Crippen MR) is 117 cm³/mol. The first-order valence-corrected chi connectivity index (χ1v) is 9.70. The van der Waals surface area contributed by atoms with Crippen LogP contribution in [0.5, 0.6) is 11.5 Å². The zero-order valence-electron chi connectivity index (χ0n) is 16.9. The summed E-state index contributed by atoms with van der Waals surface area (Å²) in [5.41, 5.74) is 4.32. The molecule has 0 N–H and O–H groups in total. The summed E-state index contributed by atoms with van der Waals surface area (Å²) in [5.74, 6) is 1.56. The van der Waals surface area contributed by atoms with Gasteiger partial charge in [0, 0.05) is 0 Å². The molecule has 0 unspecified atom stereocenters. The van der Waals surface area contributed by atoms with Gasteiger partial charge in [0.05, 0.1) is 18.2 Å². The van der Waals surface area contributed by atoms with E-state index in [1.807, 2.05) is 79.7 Å². The van der Waals surface area contributed by atoms with Crippen LogP contribution in [0.1, 0.15) is 22.3 Å². The number of rotatable bonds is 6. The first-order valence-electron chi connectivity index (χ1n) is 9.70. The summed E-state index contributed by atoms with van der Waals surface area (Å²) in [4.78, 5) is 12.3. The van der Waals surface area contributed by atoms with Crippen LogP contribution >= 0.6 is 0 Å². The molecular formula is C26H22O4. The lowest BCUT2D eigenvalue weighted by Gasteiger charge is -2.09. The van der Waals surface area contributed by atoms with Gasteiger partial charge in [-0.2, -0.15) is 0 Å². The second-order valence-corrected chi connectivity index (χ2v) is 7.04. The van der Waals surface area contributed by atoms with E-state index < -0.39 is 0 Å². The third-order valence-electron chi connectivity index (χ3n) is 4.80. The summed E-state index contributed by atoms with van der Waals surface area (Å²) in [6.45, 7) is 2.50. The SMILES string of the molecule is COc1cc(C)ccc1C1=C/C(=C\c2ccc(OCc3ccccc3)cc2)C(=O)O1. The molecule has 0 spiro atoms. The summed E-state index contributed by atoms with van der Waals surface area (Å²) < 4.78 is 16.7. The average Bonchev–Trinajstić information content (AvgIpc) is 3.13. The maximum absolute atomic E-state index is 12.3. The van der Waals surface area contributed by atoms with Gasteiger partial charge < -0.3 is 14.2 Å². The summed E-state index contributed by atoms with van der Waals surface area (Å²) in [6, 6.07) is 23.4. The van der Waals surface area contributed by atoms with Crippen LogP contribution < -0.4 is 9.47 Å². The number of hydrogen-bond acceptors (Lipinski definition) is 4. The Balaban J connectivity index is 1.49. The van der Waals surface area contributed by atoms with Crippen molar-refractivity contribution in [2.24, 2.45) is 0 Å². The molecule has 4 heteroatoms. The number of cyclic esters (lactones) is 1. The van der Waals surface area contributed by atoms with Crippen LogP contribution in [0, 0.1) is 6.92 Å². The lowest BCUT2D eigenvalue weighted by atomic mass is 10.1. The third-order valence-corrected chi connectivity index (χ3v) is 4.80. The molecule has 0 aliphatic carbocycles. The number of carbonyl (C=O) groups is 1. The average molecular weight is 398 g/mol. The molecule has 0 radical (unpaired) electrons. The van der Waals surface area contributed by atoms with Crippen molar-refractivity contribution in [2.45, 2.75) is 13.5 Å². The number of aryl methyl sites for hydroxylation is 1. The Morgan fingerprint density at radius 2 is 1.73 bits per heavy atom. The van der Waals surface area contributed by atoms with Crippen molar-refractivity contribution >= 4 is 17.8 Å². The highest BCUT2D eigenvalue weighted by molar-refractivity contribution is 6.05. The Bertz CT molecular complexity index is 1110. The molecule has 0 saturated carbocycles. The summed E-state index contributed by atoms with van der Waals surface area (Å²) in [5, 5.41) is 0. The van der Waals surface area contributed by atoms with E-state index in [1.54, 1.807) is 19.3 Å². The highest BCUT2D eigenvalue weighted by Crippen LogP contribution is 2.33. The van der Waals surface area contributed by atoms with Crippen molar-refractivity contribution in [3.63, 3.8) is 0 Å². The molecule has 0 aromatic heterocycles. The fourth-order valence-corrected chi connectivity index (χ4v) is 3.20. The third kappa shape index (κ3) is 4.44. The van der Waals surface area contributed by atoms with Crippen LogP contribution in [0.25, 0.3) is 11.8 Å². The van der Waals surface area contributed by atoms with E-state index in [2.05, 4.69) is 0 Å². The van der Waals surface area contributed by atoms with Crippen LogP contribution in [-0.2, 0) is 16.1 Å². The predicted octanol–water partition coefficient (Wildman–Crippen LogP) is 5.56. The lowest BCUT2D eigenvalue weighted by Crippen LogP contribution is -1.98. The standard InChI is InChI=1S/C26H22O4/c1-18-8-13-23(24(14-18)28-2)25-16-21(26(27)30-25)15-19-9-11-22(12-10-19)29-17-20-6-4-3-5-7-20/h3-16H,17H2,1-2H3/b21-15+.